The SMILES string of the molecule is CC(=O)c1cccc(C(C)=O)n1.Cl.Cl.Clc1cccc(Cl)c1[N]=[Co]=[N]c1c(Cl)cccc1Cl. The molecule has 0 bridgehead atoms. The standard InChI is InChI=1S/C9H9NO2.2C6H3Cl2N.2ClH.Co/c1-6(11)8-4-3-5-9(10-8)7(2)12;2*7-4-2-1-3-5(8)6(4)9;;;/h3-5H,1-2H3;2*1-3H;2*1H;. The fourth-order valence-corrected chi connectivity index (χ4v) is 4.00. The number of rotatable bonds is 4. The van der Waals surface area contributed by atoms with Crippen molar-refractivity contribution in [3.63, 3.8) is 0 Å². The zero-order valence-electron chi connectivity index (χ0n) is 17.0. The molecule has 0 saturated heterocycles. The molecule has 1 heterocycles. The number of Topliss-reactive ketones (excluding diaryl/α,β-unsaturated/α-hetero) is 2. The summed E-state index contributed by atoms with van der Waals surface area (Å²) in [5.41, 5.74) is 1.67. The summed E-state index contributed by atoms with van der Waals surface area (Å²) in [4.78, 5) is 25.6. The van der Waals surface area contributed by atoms with Gasteiger partial charge in [0.15, 0.2) is 11.6 Å². The zero-order valence-corrected chi connectivity index (χ0v) is 22.7. The second-order valence-electron chi connectivity index (χ2n) is 5.88. The molecule has 12 heteroatoms. The van der Waals surface area contributed by atoms with Gasteiger partial charge in [-0.05, 0) is 12.1 Å². The van der Waals surface area contributed by atoms with Crippen LogP contribution in [0.5, 0.6) is 0 Å². The number of carbonyl (C=O) groups is 2. The monoisotopic (exact) mass is 612 g/mol. The first-order valence-electron chi connectivity index (χ1n) is 8.59. The summed E-state index contributed by atoms with van der Waals surface area (Å²) < 4.78 is 8.41. The number of halogens is 6. The first-order valence-corrected chi connectivity index (χ1v) is 11.0. The third kappa shape index (κ3) is 9.88. The summed E-state index contributed by atoms with van der Waals surface area (Å²) in [6.45, 7) is 2.85. The van der Waals surface area contributed by atoms with E-state index in [-0.39, 0.29) is 36.4 Å². The first-order chi connectivity index (χ1) is 14.7. The van der Waals surface area contributed by atoms with Crippen molar-refractivity contribution in [2.45, 2.75) is 13.8 Å². The number of carbonyl (C=O) groups excluding carboxylic acids is 2. The van der Waals surface area contributed by atoms with Gasteiger partial charge in [-0.15, -0.1) is 24.8 Å². The number of ketones is 2. The number of benzene rings is 2. The minimum absolute atomic E-state index is 0. The third-order valence-electron chi connectivity index (χ3n) is 3.56. The van der Waals surface area contributed by atoms with Crippen molar-refractivity contribution < 1.29 is 23.9 Å². The van der Waals surface area contributed by atoms with E-state index in [9.17, 15) is 9.59 Å². The van der Waals surface area contributed by atoms with Crippen LogP contribution in [0.15, 0.2) is 62.6 Å². The van der Waals surface area contributed by atoms with Crippen LogP contribution in [0.25, 0.3) is 0 Å². The van der Waals surface area contributed by atoms with E-state index in [1.165, 1.54) is 13.8 Å². The summed E-state index contributed by atoms with van der Waals surface area (Å²) in [6, 6.07) is 15.2. The molecule has 2 aromatic carbocycles. The molecule has 0 fully saturated rings. The molecule has 0 radical (unpaired) electrons. The molecular weight excluding hydrogens is 598 g/mol. The molecule has 0 aliphatic rings. The van der Waals surface area contributed by atoms with Crippen LogP contribution < -0.4 is 0 Å². The van der Waals surface area contributed by atoms with Gasteiger partial charge >= 0.3 is 137 Å². The van der Waals surface area contributed by atoms with Crippen LogP contribution in [-0.4, -0.2) is 16.6 Å². The van der Waals surface area contributed by atoms with Gasteiger partial charge < -0.3 is 0 Å². The Bertz CT molecular complexity index is 1080. The summed E-state index contributed by atoms with van der Waals surface area (Å²) in [6.07, 6.45) is 0. The normalized spacial score (nSPS) is 9.39. The van der Waals surface area contributed by atoms with Crippen LogP contribution in [-0.2, 0) is 14.3 Å². The first kappa shape index (κ1) is 31.8. The van der Waals surface area contributed by atoms with Crippen LogP contribution >= 0.6 is 71.2 Å². The Labute approximate surface area is 229 Å². The van der Waals surface area contributed by atoms with E-state index in [1.807, 2.05) is 0 Å². The molecule has 33 heavy (non-hydrogen) atoms. The average Bonchev–Trinajstić information content (AvgIpc) is 2.72. The number of hydrogen-bond donors (Lipinski definition) is 0. The number of nitrogens with zero attached hydrogens (tertiary/aromatic N) is 3. The third-order valence-corrected chi connectivity index (χ3v) is 5.46. The van der Waals surface area contributed by atoms with E-state index in [0.29, 0.717) is 57.2 Å². The second-order valence-corrected chi connectivity index (χ2v) is 8.18. The maximum atomic E-state index is 10.8. The van der Waals surface area contributed by atoms with Gasteiger partial charge in [0.05, 0.1) is 0 Å². The Morgan fingerprint density at radius 1 is 0.667 bits per heavy atom. The predicted molar refractivity (Wildman–Crippen MR) is 136 cm³/mol. The van der Waals surface area contributed by atoms with Crippen LogP contribution in [0.1, 0.15) is 34.8 Å². The Kier molecular flexibility index (Phi) is 15.1. The maximum absolute atomic E-state index is 10.8. The van der Waals surface area contributed by atoms with Crippen molar-refractivity contribution in [2.75, 3.05) is 0 Å². The van der Waals surface area contributed by atoms with Gasteiger partial charge in [0.2, 0.25) is 0 Å². The Morgan fingerprint density at radius 2 is 0.970 bits per heavy atom. The van der Waals surface area contributed by atoms with Crippen molar-refractivity contribution in [1.82, 2.24) is 4.98 Å². The zero-order chi connectivity index (χ0) is 23.0. The molecule has 3 aromatic rings. The fraction of sp³-hybridized carbons (Fsp3) is 0.0952. The summed E-state index contributed by atoms with van der Waals surface area (Å²) in [5.74, 6) is -0.254. The van der Waals surface area contributed by atoms with Crippen molar-refractivity contribution in [3.8, 4) is 0 Å². The van der Waals surface area contributed by atoms with Crippen molar-refractivity contribution in [2.24, 2.45) is 7.99 Å². The van der Waals surface area contributed by atoms with Crippen LogP contribution in [0.3, 0.4) is 0 Å². The molecule has 0 saturated carbocycles. The molecule has 0 unspecified atom stereocenters. The Morgan fingerprint density at radius 3 is 1.27 bits per heavy atom. The van der Waals surface area contributed by atoms with Gasteiger partial charge in [0, 0.05) is 13.8 Å². The molecule has 1 aromatic heterocycles. The van der Waals surface area contributed by atoms with Crippen molar-refractivity contribution in [1.29, 1.82) is 0 Å². The molecule has 179 valence electrons. The Balaban J connectivity index is 0.000000640. The number of pyridine rings is 1. The van der Waals surface area contributed by atoms with Crippen molar-refractivity contribution in [3.05, 3.63) is 86.1 Å². The molecule has 0 atom stereocenters. The minimum atomic E-state index is -0.127. The van der Waals surface area contributed by atoms with Gasteiger partial charge in [-0.2, -0.15) is 0 Å². The molecule has 0 amide bonds. The molecule has 0 aliphatic heterocycles. The van der Waals surface area contributed by atoms with Crippen LogP contribution in [0.2, 0.25) is 20.1 Å². The van der Waals surface area contributed by atoms with Crippen LogP contribution in [0.4, 0.5) is 11.4 Å². The summed E-state index contributed by atoms with van der Waals surface area (Å²) in [7, 11) is 0. The summed E-state index contributed by atoms with van der Waals surface area (Å²) >= 11 is 24.4. The van der Waals surface area contributed by atoms with Gasteiger partial charge in [-0.1, -0.05) is 6.07 Å². The van der Waals surface area contributed by atoms with E-state index < -0.39 is 0 Å². The molecular formula is C21H17Cl6CoN3O2. The Hall–Kier alpha value is -1.22. The van der Waals surface area contributed by atoms with Crippen LogP contribution in [0, 0.1) is 0 Å². The van der Waals surface area contributed by atoms with Gasteiger partial charge in [0.25, 0.3) is 0 Å². The molecule has 0 spiro atoms. The fourth-order valence-electron chi connectivity index (χ4n) is 2.03. The van der Waals surface area contributed by atoms with E-state index in [0.717, 1.165) is 0 Å². The van der Waals surface area contributed by atoms with E-state index in [4.69, 9.17) is 46.4 Å². The summed E-state index contributed by atoms with van der Waals surface area (Å²) in [5, 5.41) is 1.89. The predicted octanol–water partition coefficient (Wildman–Crippen LogP) is 9.04. The van der Waals surface area contributed by atoms with Crippen molar-refractivity contribution >= 4 is 94.2 Å². The molecule has 0 aliphatic carbocycles. The number of aromatic nitrogens is 1. The topological polar surface area (TPSA) is 71.8 Å². The second kappa shape index (κ2) is 15.6. The molecule has 0 N–H and O–H groups in total. The molecule has 5 nitrogen and oxygen atoms in total. The average molecular weight is 615 g/mol. The van der Waals surface area contributed by atoms with Gasteiger partial charge in [0.1, 0.15) is 11.4 Å². The van der Waals surface area contributed by atoms with Gasteiger partial charge in [-0.25, -0.2) is 4.98 Å². The number of hydrogen-bond acceptors (Lipinski definition) is 5. The quantitative estimate of drug-likeness (QED) is 0.275. The molecule has 3 rings (SSSR count). The van der Waals surface area contributed by atoms with Gasteiger partial charge in [-0.3, -0.25) is 9.59 Å². The van der Waals surface area contributed by atoms with E-state index >= 15 is 0 Å². The van der Waals surface area contributed by atoms with E-state index in [2.05, 4.69) is 13.0 Å². The van der Waals surface area contributed by atoms with E-state index in [1.54, 1.807) is 54.6 Å².